The van der Waals surface area contributed by atoms with E-state index in [0.29, 0.717) is 17.3 Å². The summed E-state index contributed by atoms with van der Waals surface area (Å²) in [7, 11) is -2.40. The molecule has 3 rings (SSSR count). The Labute approximate surface area is 187 Å². The second-order valence-corrected chi connectivity index (χ2v) is 8.93. The number of rotatable bonds is 9. The first kappa shape index (κ1) is 22.7. The maximum Gasteiger partial charge on any atom is 0.261 e. The predicted molar refractivity (Wildman–Crippen MR) is 122 cm³/mol. The molecule has 0 aromatic heterocycles. The fourth-order valence-corrected chi connectivity index (χ4v) is 4.24. The van der Waals surface area contributed by atoms with E-state index in [1.165, 1.54) is 43.0 Å². The number of anilines is 1. The van der Waals surface area contributed by atoms with E-state index in [2.05, 4.69) is 10.0 Å². The molecule has 0 fully saturated rings. The number of halogens is 1. The Morgan fingerprint density at radius 2 is 1.71 bits per heavy atom. The van der Waals surface area contributed by atoms with E-state index in [1.54, 1.807) is 12.1 Å². The van der Waals surface area contributed by atoms with Crippen molar-refractivity contribution < 1.29 is 17.9 Å². The fourth-order valence-electron chi connectivity index (χ4n) is 2.99. The summed E-state index contributed by atoms with van der Waals surface area (Å²) in [5, 5.41) is 3.16. The number of carbonyl (C=O) groups is 1. The van der Waals surface area contributed by atoms with E-state index in [4.69, 9.17) is 16.3 Å². The van der Waals surface area contributed by atoms with Crippen LogP contribution in [-0.4, -0.2) is 28.0 Å². The quantitative estimate of drug-likeness (QED) is 0.462. The summed E-state index contributed by atoms with van der Waals surface area (Å²) in [6, 6.07) is 20.4. The Morgan fingerprint density at radius 3 is 2.39 bits per heavy atom. The molecule has 0 saturated carbocycles. The summed E-state index contributed by atoms with van der Waals surface area (Å²) < 4.78 is 33.1. The molecule has 31 heavy (non-hydrogen) atoms. The normalized spacial score (nSPS) is 11.0. The average molecular weight is 459 g/mol. The van der Waals surface area contributed by atoms with Crippen molar-refractivity contribution in [1.29, 1.82) is 0 Å². The molecule has 0 aliphatic heterocycles. The number of carbonyl (C=O) groups excluding carboxylic acids is 1. The third-order valence-electron chi connectivity index (χ3n) is 4.61. The van der Waals surface area contributed by atoms with Crippen molar-refractivity contribution in [3.63, 3.8) is 0 Å². The van der Waals surface area contributed by atoms with Crippen LogP contribution in [0, 0.1) is 0 Å². The van der Waals surface area contributed by atoms with Gasteiger partial charge in [-0.05, 0) is 60.9 Å². The zero-order chi connectivity index (χ0) is 22.3. The number of benzene rings is 3. The average Bonchev–Trinajstić information content (AvgIpc) is 2.78. The Bertz CT molecular complexity index is 1130. The van der Waals surface area contributed by atoms with Crippen molar-refractivity contribution in [1.82, 2.24) is 5.32 Å². The van der Waals surface area contributed by atoms with Crippen LogP contribution in [0.1, 0.15) is 22.3 Å². The molecule has 8 heteroatoms. The van der Waals surface area contributed by atoms with Crippen molar-refractivity contribution in [3.05, 3.63) is 88.9 Å². The Hall–Kier alpha value is -3.03. The standard InChI is InChI=1S/C23H23ClN2O4S/c1-30-19-10-12-20(13-11-19)31(28,29)26-22-14-9-18(24)16-21(22)23(27)25-15-5-8-17-6-3-2-4-7-17/h2-4,6-7,9-14,16,26H,5,8,15H2,1H3,(H,25,27). The highest BCUT2D eigenvalue weighted by Crippen LogP contribution is 2.24. The monoisotopic (exact) mass is 458 g/mol. The first-order valence-electron chi connectivity index (χ1n) is 9.67. The van der Waals surface area contributed by atoms with Crippen LogP contribution < -0.4 is 14.8 Å². The smallest absolute Gasteiger partial charge is 0.261 e. The van der Waals surface area contributed by atoms with Crippen LogP contribution in [-0.2, 0) is 16.4 Å². The van der Waals surface area contributed by atoms with E-state index < -0.39 is 15.9 Å². The van der Waals surface area contributed by atoms with Crippen LogP contribution in [0.25, 0.3) is 0 Å². The maximum atomic E-state index is 12.8. The zero-order valence-corrected chi connectivity index (χ0v) is 18.5. The summed E-state index contributed by atoms with van der Waals surface area (Å²) in [6.07, 6.45) is 1.58. The third-order valence-corrected chi connectivity index (χ3v) is 6.23. The minimum absolute atomic E-state index is 0.0532. The second-order valence-electron chi connectivity index (χ2n) is 6.82. The zero-order valence-electron chi connectivity index (χ0n) is 17.0. The number of methoxy groups -OCH3 is 1. The van der Waals surface area contributed by atoms with Gasteiger partial charge >= 0.3 is 0 Å². The topological polar surface area (TPSA) is 84.5 Å². The number of ether oxygens (including phenoxy) is 1. The number of aryl methyl sites for hydroxylation is 1. The number of sulfonamides is 1. The molecule has 1 amide bonds. The molecule has 0 aliphatic rings. The highest BCUT2D eigenvalue weighted by Gasteiger charge is 2.19. The van der Waals surface area contributed by atoms with Gasteiger partial charge in [0.15, 0.2) is 0 Å². The van der Waals surface area contributed by atoms with Crippen molar-refractivity contribution in [2.75, 3.05) is 18.4 Å². The molecular formula is C23H23ClN2O4S. The number of nitrogens with one attached hydrogen (secondary N) is 2. The van der Waals surface area contributed by atoms with Gasteiger partial charge in [-0.25, -0.2) is 8.42 Å². The van der Waals surface area contributed by atoms with Crippen LogP contribution in [0.3, 0.4) is 0 Å². The molecule has 0 bridgehead atoms. The molecule has 3 aromatic rings. The van der Waals surface area contributed by atoms with Gasteiger partial charge < -0.3 is 10.1 Å². The van der Waals surface area contributed by atoms with Crippen LogP contribution in [0.5, 0.6) is 5.75 Å². The highest BCUT2D eigenvalue weighted by molar-refractivity contribution is 7.92. The molecule has 2 N–H and O–H groups in total. The molecule has 0 saturated heterocycles. The molecule has 0 heterocycles. The van der Waals surface area contributed by atoms with Crippen LogP contribution in [0.4, 0.5) is 5.69 Å². The van der Waals surface area contributed by atoms with Gasteiger partial charge in [-0.15, -0.1) is 0 Å². The molecule has 0 radical (unpaired) electrons. The van der Waals surface area contributed by atoms with E-state index in [-0.39, 0.29) is 16.1 Å². The molecule has 6 nitrogen and oxygen atoms in total. The molecule has 3 aromatic carbocycles. The van der Waals surface area contributed by atoms with E-state index in [9.17, 15) is 13.2 Å². The van der Waals surface area contributed by atoms with Crippen molar-refractivity contribution in [2.45, 2.75) is 17.7 Å². The molecule has 0 spiro atoms. The SMILES string of the molecule is COc1ccc(S(=O)(=O)Nc2ccc(Cl)cc2C(=O)NCCCc2ccccc2)cc1. The van der Waals surface area contributed by atoms with E-state index >= 15 is 0 Å². The minimum Gasteiger partial charge on any atom is -0.497 e. The number of hydrogen-bond acceptors (Lipinski definition) is 4. The van der Waals surface area contributed by atoms with Crippen LogP contribution in [0.15, 0.2) is 77.7 Å². The highest BCUT2D eigenvalue weighted by atomic mass is 35.5. The summed E-state index contributed by atoms with van der Waals surface area (Å²) in [5.41, 5.74) is 1.50. The summed E-state index contributed by atoms with van der Waals surface area (Å²) in [5.74, 6) is 0.143. The van der Waals surface area contributed by atoms with Gasteiger partial charge in [0.1, 0.15) is 5.75 Å². The second kappa shape index (κ2) is 10.3. The number of hydrogen-bond donors (Lipinski definition) is 2. The fraction of sp³-hybridized carbons (Fsp3) is 0.174. The van der Waals surface area contributed by atoms with Crippen molar-refractivity contribution >= 4 is 33.2 Å². The third kappa shape index (κ3) is 6.23. The van der Waals surface area contributed by atoms with Gasteiger partial charge in [0, 0.05) is 11.6 Å². The lowest BCUT2D eigenvalue weighted by Gasteiger charge is -2.14. The lowest BCUT2D eigenvalue weighted by atomic mass is 10.1. The van der Waals surface area contributed by atoms with Crippen molar-refractivity contribution in [3.8, 4) is 5.75 Å². The molecular weight excluding hydrogens is 436 g/mol. The molecule has 0 atom stereocenters. The summed E-state index contributed by atoms with van der Waals surface area (Å²) >= 11 is 6.05. The van der Waals surface area contributed by atoms with Gasteiger partial charge in [0.25, 0.3) is 15.9 Å². The van der Waals surface area contributed by atoms with Gasteiger partial charge in [-0.2, -0.15) is 0 Å². The predicted octanol–water partition coefficient (Wildman–Crippen LogP) is 4.51. The lowest BCUT2D eigenvalue weighted by Crippen LogP contribution is -2.26. The van der Waals surface area contributed by atoms with Crippen LogP contribution >= 0.6 is 11.6 Å². The van der Waals surface area contributed by atoms with E-state index in [1.807, 2.05) is 30.3 Å². The minimum atomic E-state index is -3.90. The van der Waals surface area contributed by atoms with Gasteiger partial charge in [-0.3, -0.25) is 9.52 Å². The Balaban J connectivity index is 1.69. The summed E-state index contributed by atoms with van der Waals surface area (Å²) in [4.78, 5) is 12.8. The van der Waals surface area contributed by atoms with E-state index in [0.717, 1.165) is 12.8 Å². The molecule has 0 aliphatic carbocycles. The largest absolute Gasteiger partial charge is 0.497 e. The van der Waals surface area contributed by atoms with Crippen molar-refractivity contribution in [2.24, 2.45) is 0 Å². The van der Waals surface area contributed by atoms with Gasteiger partial charge in [-0.1, -0.05) is 41.9 Å². The molecule has 0 unspecified atom stereocenters. The molecule has 162 valence electrons. The Kier molecular flexibility index (Phi) is 7.55. The maximum absolute atomic E-state index is 12.8. The first-order chi connectivity index (χ1) is 14.9. The Morgan fingerprint density at radius 1 is 1.00 bits per heavy atom. The van der Waals surface area contributed by atoms with Gasteiger partial charge in [0.05, 0.1) is 23.3 Å². The summed E-state index contributed by atoms with van der Waals surface area (Å²) in [6.45, 7) is 0.449. The van der Waals surface area contributed by atoms with Crippen LogP contribution in [0.2, 0.25) is 5.02 Å². The first-order valence-corrected chi connectivity index (χ1v) is 11.5. The lowest BCUT2D eigenvalue weighted by molar-refractivity contribution is 0.0954. The van der Waals surface area contributed by atoms with Gasteiger partial charge in [0.2, 0.25) is 0 Å². The number of amides is 1.